The molecule has 1 N–H and O–H groups in total. The molecule has 1 amide bonds. The third-order valence-corrected chi connectivity index (χ3v) is 3.11. The van der Waals surface area contributed by atoms with Crippen molar-refractivity contribution < 1.29 is 22.7 Å². The van der Waals surface area contributed by atoms with Crippen molar-refractivity contribution in [3.05, 3.63) is 41.3 Å². The number of hydrogen-bond acceptors (Lipinski definition) is 4. The maximum Gasteiger partial charge on any atom is 0.422 e. The first kappa shape index (κ1) is 18.1. The van der Waals surface area contributed by atoms with E-state index in [-0.39, 0.29) is 22.5 Å². The predicted molar refractivity (Wildman–Crippen MR) is 80.0 cm³/mol. The van der Waals surface area contributed by atoms with Gasteiger partial charge in [-0.15, -0.1) is 0 Å². The molecule has 0 radical (unpaired) electrons. The molecule has 2 aromatic heterocycles. The Hall–Kier alpha value is -2.29. The van der Waals surface area contributed by atoms with Crippen LogP contribution in [0.3, 0.4) is 0 Å². The highest BCUT2D eigenvalue weighted by Gasteiger charge is 2.29. The Bertz CT molecular complexity index is 692. The summed E-state index contributed by atoms with van der Waals surface area (Å²) in [4.78, 5) is 15.8. The molecule has 0 bridgehead atoms. The zero-order chi connectivity index (χ0) is 17.7. The molecule has 0 spiro atoms. The van der Waals surface area contributed by atoms with Crippen LogP contribution in [0.2, 0.25) is 5.02 Å². The van der Waals surface area contributed by atoms with Gasteiger partial charge in [0.05, 0.1) is 12.1 Å². The number of rotatable bonds is 6. The highest BCUT2D eigenvalue weighted by Crippen LogP contribution is 2.25. The summed E-state index contributed by atoms with van der Waals surface area (Å²) < 4.78 is 42.5. The van der Waals surface area contributed by atoms with E-state index in [0.717, 1.165) is 6.20 Å². The van der Waals surface area contributed by atoms with Crippen molar-refractivity contribution in [3.8, 4) is 5.88 Å². The van der Waals surface area contributed by atoms with Crippen LogP contribution in [0, 0.1) is 0 Å². The molecule has 6 nitrogen and oxygen atoms in total. The SMILES string of the molecule is CC(Cn1cccn1)NC(=O)c1cnc(OCC(F)(F)F)c(Cl)c1. The number of ether oxygens (including phenoxy) is 1. The summed E-state index contributed by atoms with van der Waals surface area (Å²) in [6.07, 6.45) is -0.0116. The average Bonchev–Trinajstić information content (AvgIpc) is 2.97. The Kier molecular flexibility index (Phi) is 5.66. The maximum atomic E-state index is 12.1. The van der Waals surface area contributed by atoms with Crippen molar-refractivity contribution in [2.24, 2.45) is 0 Å². The van der Waals surface area contributed by atoms with E-state index in [0.29, 0.717) is 6.54 Å². The summed E-state index contributed by atoms with van der Waals surface area (Å²) >= 11 is 5.81. The van der Waals surface area contributed by atoms with Crippen LogP contribution in [0.4, 0.5) is 13.2 Å². The van der Waals surface area contributed by atoms with Crippen molar-refractivity contribution in [2.45, 2.75) is 25.7 Å². The Morgan fingerprint density at radius 1 is 1.50 bits per heavy atom. The van der Waals surface area contributed by atoms with Gasteiger partial charge in [-0.25, -0.2) is 4.98 Å². The number of pyridine rings is 1. The maximum absolute atomic E-state index is 12.1. The third kappa shape index (κ3) is 5.41. The van der Waals surface area contributed by atoms with Gasteiger partial charge in [-0.1, -0.05) is 11.6 Å². The van der Waals surface area contributed by atoms with Crippen molar-refractivity contribution in [3.63, 3.8) is 0 Å². The number of nitrogens with one attached hydrogen (secondary N) is 1. The lowest BCUT2D eigenvalue weighted by atomic mass is 10.2. The second kappa shape index (κ2) is 7.52. The summed E-state index contributed by atoms with van der Waals surface area (Å²) in [5.74, 6) is -0.832. The van der Waals surface area contributed by atoms with Crippen LogP contribution >= 0.6 is 11.6 Å². The van der Waals surface area contributed by atoms with Crippen LogP contribution in [-0.4, -0.2) is 39.5 Å². The van der Waals surface area contributed by atoms with Crippen LogP contribution in [0.1, 0.15) is 17.3 Å². The van der Waals surface area contributed by atoms with Gasteiger partial charge in [-0.2, -0.15) is 18.3 Å². The zero-order valence-corrected chi connectivity index (χ0v) is 13.3. The molecular formula is C14H14ClF3N4O2. The van der Waals surface area contributed by atoms with Gasteiger partial charge in [-0.05, 0) is 19.1 Å². The van der Waals surface area contributed by atoms with Gasteiger partial charge < -0.3 is 10.1 Å². The van der Waals surface area contributed by atoms with Crippen LogP contribution in [0.25, 0.3) is 0 Å². The molecule has 10 heteroatoms. The molecule has 2 rings (SSSR count). The molecule has 1 unspecified atom stereocenters. The molecular weight excluding hydrogens is 349 g/mol. The van der Waals surface area contributed by atoms with Crippen molar-refractivity contribution in [2.75, 3.05) is 6.61 Å². The molecule has 0 aliphatic rings. The first-order valence-electron chi connectivity index (χ1n) is 6.88. The molecule has 2 heterocycles. The Morgan fingerprint density at radius 3 is 2.83 bits per heavy atom. The van der Waals surface area contributed by atoms with Crippen molar-refractivity contribution in [1.82, 2.24) is 20.1 Å². The summed E-state index contributed by atoms with van der Waals surface area (Å²) in [6.45, 7) is 0.744. The van der Waals surface area contributed by atoms with Gasteiger partial charge in [-0.3, -0.25) is 9.48 Å². The van der Waals surface area contributed by atoms with E-state index in [1.165, 1.54) is 6.07 Å². The molecule has 0 aliphatic heterocycles. The smallest absolute Gasteiger partial charge is 0.422 e. The van der Waals surface area contributed by atoms with Gasteiger partial charge in [0.15, 0.2) is 6.61 Å². The topological polar surface area (TPSA) is 69.0 Å². The second-order valence-corrected chi connectivity index (χ2v) is 5.42. The summed E-state index contributed by atoms with van der Waals surface area (Å²) in [7, 11) is 0. The number of aromatic nitrogens is 3. The van der Waals surface area contributed by atoms with Gasteiger partial charge in [0.25, 0.3) is 5.91 Å². The fraction of sp³-hybridized carbons (Fsp3) is 0.357. The summed E-state index contributed by atoms with van der Waals surface area (Å²) in [5, 5.41) is 6.57. The highest BCUT2D eigenvalue weighted by atomic mass is 35.5. The molecule has 2 aromatic rings. The van der Waals surface area contributed by atoms with E-state index >= 15 is 0 Å². The van der Waals surface area contributed by atoms with Crippen LogP contribution < -0.4 is 10.1 Å². The fourth-order valence-electron chi connectivity index (χ4n) is 1.85. The van der Waals surface area contributed by atoms with E-state index in [2.05, 4.69) is 20.1 Å². The highest BCUT2D eigenvalue weighted by molar-refractivity contribution is 6.32. The lowest BCUT2D eigenvalue weighted by molar-refractivity contribution is -0.154. The van der Waals surface area contributed by atoms with Gasteiger partial charge in [0, 0.05) is 24.6 Å². The normalized spacial score (nSPS) is 12.7. The Morgan fingerprint density at radius 2 is 2.25 bits per heavy atom. The first-order chi connectivity index (χ1) is 11.2. The van der Waals surface area contributed by atoms with E-state index in [1.54, 1.807) is 30.1 Å². The minimum Gasteiger partial charge on any atom is -0.467 e. The van der Waals surface area contributed by atoms with E-state index in [9.17, 15) is 18.0 Å². The lowest BCUT2D eigenvalue weighted by Gasteiger charge is -2.14. The van der Waals surface area contributed by atoms with E-state index < -0.39 is 18.7 Å². The Balaban J connectivity index is 1.96. The molecule has 0 aliphatic carbocycles. The Labute approximate surface area is 140 Å². The van der Waals surface area contributed by atoms with Gasteiger partial charge in [0.2, 0.25) is 5.88 Å². The van der Waals surface area contributed by atoms with Crippen molar-refractivity contribution >= 4 is 17.5 Å². The third-order valence-electron chi connectivity index (χ3n) is 2.84. The molecule has 1 atom stereocenters. The number of nitrogens with zero attached hydrogens (tertiary/aromatic N) is 3. The van der Waals surface area contributed by atoms with Crippen molar-refractivity contribution in [1.29, 1.82) is 0 Å². The quantitative estimate of drug-likeness (QED) is 0.857. The largest absolute Gasteiger partial charge is 0.467 e. The number of carbonyl (C=O) groups excluding carboxylic acids is 1. The van der Waals surface area contributed by atoms with Gasteiger partial charge >= 0.3 is 6.18 Å². The zero-order valence-electron chi connectivity index (χ0n) is 12.5. The molecule has 0 fully saturated rings. The molecule has 0 aromatic carbocycles. The minimum absolute atomic E-state index is 0.117. The number of alkyl halides is 3. The average molecular weight is 363 g/mol. The number of hydrogen-bond donors (Lipinski definition) is 1. The van der Waals surface area contributed by atoms with Gasteiger partial charge in [0.1, 0.15) is 5.02 Å². The number of carbonyl (C=O) groups is 1. The molecule has 0 saturated heterocycles. The number of halogens is 4. The summed E-state index contributed by atoms with van der Waals surface area (Å²) in [6, 6.07) is 2.74. The van der Waals surface area contributed by atoms with E-state index in [1.807, 2.05) is 0 Å². The monoisotopic (exact) mass is 362 g/mol. The molecule has 0 saturated carbocycles. The molecule has 24 heavy (non-hydrogen) atoms. The minimum atomic E-state index is -4.50. The van der Waals surface area contributed by atoms with Crippen LogP contribution in [0.15, 0.2) is 30.7 Å². The van der Waals surface area contributed by atoms with Crippen LogP contribution in [-0.2, 0) is 6.54 Å². The summed E-state index contributed by atoms with van der Waals surface area (Å²) in [5.41, 5.74) is 0.117. The number of amides is 1. The second-order valence-electron chi connectivity index (χ2n) is 5.02. The first-order valence-corrected chi connectivity index (χ1v) is 7.26. The molecule has 130 valence electrons. The standard InChI is InChI=1S/C14H14ClF3N4O2/c1-9(7-22-4-2-3-20-22)21-12(23)10-5-11(15)13(19-6-10)24-8-14(16,17)18/h2-6,9H,7-8H2,1H3,(H,21,23). The van der Waals surface area contributed by atoms with Crippen LogP contribution in [0.5, 0.6) is 5.88 Å². The fourth-order valence-corrected chi connectivity index (χ4v) is 2.07. The van der Waals surface area contributed by atoms with E-state index in [4.69, 9.17) is 11.6 Å². The lowest BCUT2D eigenvalue weighted by Crippen LogP contribution is -2.35. The predicted octanol–water partition coefficient (Wildman–Crippen LogP) is 2.69.